The Labute approximate surface area is 107 Å². The van der Waals surface area contributed by atoms with Crippen LogP contribution >= 0.6 is 11.8 Å². The molecule has 1 aromatic heterocycles. The van der Waals surface area contributed by atoms with Crippen molar-refractivity contribution in [2.45, 2.75) is 44.2 Å². The van der Waals surface area contributed by atoms with Crippen LogP contribution in [-0.2, 0) is 11.3 Å². The SMILES string of the molecule is Cc1cc(SCC2CCCO2)c(CN)c(C)n1. The van der Waals surface area contributed by atoms with Crippen molar-refractivity contribution in [2.75, 3.05) is 12.4 Å². The summed E-state index contributed by atoms with van der Waals surface area (Å²) in [5.41, 5.74) is 9.10. The lowest BCUT2D eigenvalue weighted by Gasteiger charge is -2.13. The van der Waals surface area contributed by atoms with Crippen LogP contribution in [0.2, 0.25) is 0 Å². The van der Waals surface area contributed by atoms with Crippen LogP contribution in [0.4, 0.5) is 0 Å². The van der Waals surface area contributed by atoms with Gasteiger partial charge < -0.3 is 10.5 Å². The summed E-state index contributed by atoms with van der Waals surface area (Å²) in [5.74, 6) is 1.02. The Kier molecular flexibility index (Phi) is 4.42. The van der Waals surface area contributed by atoms with E-state index < -0.39 is 0 Å². The number of aryl methyl sites for hydroxylation is 2. The Morgan fingerprint density at radius 2 is 2.35 bits per heavy atom. The standard InChI is InChI=1S/C13H20N2OS/c1-9-6-13(12(7-14)10(2)15-9)17-8-11-4-3-5-16-11/h6,11H,3-5,7-8,14H2,1-2H3. The summed E-state index contributed by atoms with van der Waals surface area (Å²) in [6.45, 7) is 5.55. The highest BCUT2D eigenvalue weighted by atomic mass is 32.2. The van der Waals surface area contributed by atoms with Crippen LogP contribution in [0.15, 0.2) is 11.0 Å². The second-order valence-corrected chi connectivity index (χ2v) is 5.54. The van der Waals surface area contributed by atoms with E-state index in [2.05, 4.69) is 11.1 Å². The van der Waals surface area contributed by atoms with Gasteiger partial charge >= 0.3 is 0 Å². The van der Waals surface area contributed by atoms with Gasteiger partial charge in [-0.25, -0.2) is 0 Å². The van der Waals surface area contributed by atoms with Gasteiger partial charge in [0.15, 0.2) is 0 Å². The number of rotatable bonds is 4. The van der Waals surface area contributed by atoms with Gasteiger partial charge in [-0.3, -0.25) is 4.98 Å². The van der Waals surface area contributed by atoms with Gasteiger partial charge in [0.25, 0.3) is 0 Å². The summed E-state index contributed by atoms with van der Waals surface area (Å²) < 4.78 is 5.64. The van der Waals surface area contributed by atoms with Crippen molar-refractivity contribution in [3.05, 3.63) is 23.0 Å². The average Bonchev–Trinajstić information content (AvgIpc) is 2.78. The van der Waals surface area contributed by atoms with Gasteiger partial charge in [-0.05, 0) is 32.8 Å². The number of nitrogens with zero attached hydrogens (tertiary/aromatic N) is 1. The third kappa shape index (κ3) is 3.21. The van der Waals surface area contributed by atoms with E-state index in [-0.39, 0.29) is 0 Å². The third-order valence-corrected chi connectivity index (χ3v) is 4.28. The first kappa shape index (κ1) is 12.9. The van der Waals surface area contributed by atoms with Gasteiger partial charge in [0, 0.05) is 40.8 Å². The van der Waals surface area contributed by atoms with E-state index in [1.165, 1.54) is 23.3 Å². The Morgan fingerprint density at radius 1 is 1.53 bits per heavy atom. The zero-order chi connectivity index (χ0) is 12.3. The van der Waals surface area contributed by atoms with Crippen LogP contribution in [0, 0.1) is 13.8 Å². The molecule has 0 spiro atoms. The lowest BCUT2D eigenvalue weighted by molar-refractivity contribution is 0.129. The molecule has 1 saturated heterocycles. The van der Waals surface area contributed by atoms with E-state index in [0.29, 0.717) is 12.6 Å². The van der Waals surface area contributed by atoms with Crippen molar-refractivity contribution in [3.8, 4) is 0 Å². The van der Waals surface area contributed by atoms with Crippen molar-refractivity contribution in [2.24, 2.45) is 5.73 Å². The molecule has 94 valence electrons. The fraction of sp³-hybridized carbons (Fsp3) is 0.615. The minimum atomic E-state index is 0.416. The molecule has 1 fully saturated rings. The predicted molar refractivity (Wildman–Crippen MR) is 71.3 cm³/mol. The lowest BCUT2D eigenvalue weighted by atomic mass is 10.2. The molecule has 1 unspecified atom stereocenters. The van der Waals surface area contributed by atoms with E-state index in [1.54, 1.807) is 0 Å². The van der Waals surface area contributed by atoms with Gasteiger partial charge in [0.1, 0.15) is 0 Å². The predicted octanol–water partition coefficient (Wildman–Crippen LogP) is 2.43. The monoisotopic (exact) mass is 252 g/mol. The molecule has 3 nitrogen and oxygen atoms in total. The molecule has 2 rings (SSSR count). The van der Waals surface area contributed by atoms with Gasteiger partial charge in [0.2, 0.25) is 0 Å². The topological polar surface area (TPSA) is 48.1 Å². The molecule has 2 heterocycles. The molecule has 0 amide bonds. The van der Waals surface area contributed by atoms with E-state index >= 15 is 0 Å². The number of nitrogens with two attached hydrogens (primary N) is 1. The number of aromatic nitrogens is 1. The number of thioether (sulfide) groups is 1. The number of ether oxygens (including phenoxy) is 1. The first-order valence-corrected chi connectivity index (χ1v) is 7.11. The minimum Gasteiger partial charge on any atom is -0.377 e. The summed E-state index contributed by atoms with van der Waals surface area (Å²) in [5, 5.41) is 0. The summed E-state index contributed by atoms with van der Waals surface area (Å²) >= 11 is 1.85. The first-order chi connectivity index (χ1) is 8.20. The van der Waals surface area contributed by atoms with Crippen LogP contribution in [0.5, 0.6) is 0 Å². The second kappa shape index (κ2) is 5.85. The molecular formula is C13H20N2OS. The maximum Gasteiger partial charge on any atom is 0.0669 e. The highest BCUT2D eigenvalue weighted by molar-refractivity contribution is 7.99. The second-order valence-electron chi connectivity index (χ2n) is 4.48. The molecule has 1 aliphatic heterocycles. The van der Waals surface area contributed by atoms with Crippen molar-refractivity contribution in [3.63, 3.8) is 0 Å². The number of hydrogen-bond donors (Lipinski definition) is 1. The molecule has 1 atom stereocenters. The van der Waals surface area contributed by atoms with Gasteiger partial charge in [-0.1, -0.05) is 0 Å². The van der Waals surface area contributed by atoms with Crippen molar-refractivity contribution in [1.29, 1.82) is 0 Å². The van der Waals surface area contributed by atoms with Crippen LogP contribution in [-0.4, -0.2) is 23.4 Å². The van der Waals surface area contributed by atoms with E-state index in [0.717, 1.165) is 23.7 Å². The van der Waals surface area contributed by atoms with E-state index in [9.17, 15) is 0 Å². The fourth-order valence-corrected chi connectivity index (χ4v) is 3.44. The molecule has 0 bridgehead atoms. The molecule has 0 radical (unpaired) electrons. The smallest absolute Gasteiger partial charge is 0.0669 e. The number of pyridine rings is 1. The van der Waals surface area contributed by atoms with Crippen molar-refractivity contribution >= 4 is 11.8 Å². The summed E-state index contributed by atoms with van der Waals surface area (Å²) in [4.78, 5) is 5.73. The first-order valence-electron chi connectivity index (χ1n) is 6.12. The minimum absolute atomic E-state index is 0.416. The molecule has 0 aliphatic carbocycles. The molecule has 17 heavy (non-hydrogen) atoms. The molecule has 4 heteroatoms. The Bertz CT molecular complexity index is 389. The normalized spacial score (nSPS) is 19.8. The zero-order valence-corrected chi connectivity index (χ0v) is 11.3. The summed E-state index contributed by atoms with van der Waals surface area (Å²) in [7, 11) is 0. The summed E-state index contributed by atoms with van der Waals surface area (Å²) in [6, 6.07) is 2.13. The molecule has 2 N–H and O–H groups in total. The molecule has 1 aromatic rings. The highest BCUT2D eigenvalue weighted by Crippen LogP contribution is 2.28. The molecule has 1 aliphatic rings. The van der Waals surface area contributed by atoms with Crippen LogP contribution < -0.4 is 5.73 Å². The van der Waals surface area contributed by atoms with E-state index in [1.807, 2.05) is 25.6 Å². The average molecular weight is 252 g/mol. The van der Waals surface area contributed by atoms with Crippen molar-refractivity contribution < 1.29 is 4.74 Å². The van der Waals surface area contributed by atoms with Gasteiger partial charge in [-0.2, -0.15) is 0 Å². The van der Waals surface area contributed by atoms with Crippen molar-refractivity contribution in [1.82, 2.24) is 4.98 Å². The van der Waals surface area contributed by atoms with Gasteiger partial charge in [0.05, 0.1) is 6.10 Å². The largest absolute Gasteiger partial charge is 0.377 e. The Balaban J connectivity index is 2.07. The summed E-state index contributed by atoms with van der Waals surface area (Å²) in [6.07, 6.45) is 2.80. The van der Waals surface area contributed by atoms with E-state index in [4.69, 9.17) is 10.5 Å². The maximum absolute atomic E-state index is 5.80. The van der Waals surface area contributed by atoms with Crippen LogP contribution in [0.3, 0.4) is 0 Å². The molecule has 0 aromatic carbocycles. The van der Waals surface area contributed by atoms with Crippen LogP contribution in [0.1, 0.15) is 29.8 Å². The Hall–Kier alpha value is -0.580. The van der Waals surface area contributed by atoms with Gasteiger partial charge in [-0.15, -0.1) is 11.8 Å². The highest BCUT2D eigenvalue weighted by Gasteiger charge is 2.17. The molecule has 0 saturated carbocycles. The fourth-order valence-electron chi connectivity index (χ4n) is 2.16. The lowest BCUT2D eigenvalue weighted by Crippen LogP contribution is -2.10. The quantitative estimate of drug-likeness (QED) is 0.836. The molecular weight excluding hydrogens is 232 g/mol. The van der Waals surface area contributed by atoms with Crippen LogP contribution in [0.25, 0.3) is 0 Å². The maximum atomic E-state index is 5.80. The third-order valence-electron chi connectivity index (χ3n) is 3.07. The Morgan fingerprint density at radius 3 is 3.00 bits per heavy atom. The number of hydrogen-bond acceptors (Lipinski definition) is 4. The zero-order valence-electron chi connectivity index (χ0n) is 10.5.